The molecule has 0 bridgehead atoms. The second-order valence-electron chi connectivity index (χ2n) is 5.43. The highest BCUT2D eigenvalue weighted by atomic mass is 35.5. The second kappa shape index (κ2) is 9.30. The third-order valence-corrected chi connectivity index (χ3v) is 3.24. The Kier molecular flexibility index (Phi) is 7.74. The van der Waals surface area contributed by atoms with Crippen LogP contribution in [0.4, 0.5) is 0 Å². The molecule has 0 spiro atoms. The Morgan fingerprint density at radius 1 is 1.32 bits per heavy atom. The van der Waals surface area contributed by atoms with E-state index < -0.39 is 0 Å². The minimum Gasteiger partial charge on any atom is -0.356 e. The lowest BCUT2D eigenvalue weighted by molar-refractivity contribution is -0.121. The van der Waals surface area contributed by atoms with Crippen LogP contribution in [0.3, 0.4) is 0 Å². The van der Waals surface area contributed by atoms with Gasteiger partial charge in [0.25, 0.3) is 0 Å². The fourth-order valence-corrected chi connectivity index (χ4v) is 2.13. The zero-order chi connectivity index (χ0) is 16.5. The number of hydrogen-bond donors (Lipinski definition) is 2. The zero-order valence-corrected chi connectivity index (χ0v) is 14.4. The number of hydrogen-bond acceptors (Lipinski definition) is 2. The van der Waals surface area contributed by atoms with Crippen molar-refractivity contribution in [2.24, 2.45) is 4.99 Å². The highest BCUT2D eigenvalue weighted by molar-refractivity contribution is 6.30. The van der Waals surface area contributed by atoms with E-state index in [1.54, 1.807) is 7.05 Å². The summed E-state index contributed by atoms with van der Waals surface area (Å²) in [6.45, 7) is 5.17. The first-order chi connectivity index (χ1) is 10.4. The maximum Gasteiger partial charge on any atom is 0.221 e. The predicted octanol–water partition coefficient (Wildman–Crippen LogP) is 2.26. The summed E-state index contributed by atoms with van der Waals surface area (Å²) in [7, 11) is 3.69. The molecular weight excluding hydrogens is 300 g/mol. The molecule has 5 nitrogen and oxygen atoms in total. The quantitative estimate of drug-likeness (QED) is 0.623. The number of carbonyl (C=O) groups is 1. The van der Waals surface area contributed by atoms with Gasteiger partial charge in [-0.25, -0.2) is 0 Å². The lowest BCUT2D eigenvalue weighted by Crippen LogP contribution is -2.40. The smallest absolute Gasteiger partial charge is 0.221 e. The van der Waals surface area contributed by atoms with E-state index in [4.69, 9.17) is 11.6 Å². The van der Waals surface area contributed by atoms with Gasteiger partial charge in [-0.3, -0.25) is 9.79 Å². The number of carbonyl (C=O) groups excluding carboxylic acids is 1. The molecular formula is C16H25ClN4O. The van der Waals surface area contributed by atoms with Gasteiger partial charge < -0.3 is 15.5 Å². The molecule has 0 unspecified atom stereocenters. The van der Waals surface area contributed by atoms with E-state index in [0.717, 1.165) is 23.1 Å². The van der Waals surface area contributed by atoms with Crippen LogP contribution >= 0.6 is 11.6 Å². The summed E-state index contributed by atoms with van der Waals surface area (Å²) in [5, 5.41) is 6.78. The van der Waals surface area contributed by atoms with Crippen LogP contribution in [0.5, 0.6) is 0 Å². The van der Waals surface area contributed by atoms with E-state index in [-0.39, 0.29) is 11.9 Å². The summed E-state index contributed by atoms with van der Waals surface area (Å²) in [6, 6.07) is 7.89. The van der Waals surface area contributed by atoms with E-state index in [0.29, 0.717) is 13.0 Å². The molecule has 0 aliphatic heterocycles. The van der Waals surface area contributed by atoms with Gasteiger partial charge in [0.2, 0.25) is 5.91 Å². The Morgan fingerprint density at radius 2 is 1.95 bits per heavy atom. The van der Waals surface area contributed by atoms with Crippen LogP contribution in [0.2, 0.25) is 5.02 Å². The maximum absolute atomic E-state index is 11.6. The molecule has 2 N–H and O–H groups in total. The molecule has 1 aromatic rings. The number of guanidine groups is 1. The molecule has 0 saturated heterocycles. The van der Waals surface area contributed by atoms with Crippen molar-refractivity contribution in [3.8, 4) is 0 Å². The number of aliphatic imine (C=N–C) groups is 1. The topological polar surface area (TPSA) is 56.7 Å². The molecule has 0 radical (unpaired) electrons. The Morgan fingerprint density at radius 3 is 2.50 bits per heavy atom. The molecule has 0 heterocycles. The Labute approximate surface area is 137 Å². The standard InChI is InChI=1S/C16H25ClN4O/c1-12(2)20-15(22)9-10-19-16(18-3)21(4)11-13-5-7-14(17)8-6-13/h5-8,12H,9-11H2,1-4H3,(H,18,19)(H,20,22). The van der Waals surface area contributed by atoms with Crippen LogP contribution in [0.1, 0.15) is 25.8 Å². The summed E-state index contributed by atoms with van der Waals surface area (Å²) < 4.78 is 0. The Bertz CT molecular complexity index is 499. The van der Waals surface area contributed by atoms with Gasteiger partial charge in [0, 0.05) is 44.7 Å². The van der Waals surface area contributed by atoms with Gasteiger partial charge in [0.15, 0.2) is 5.96 Å². The molecule has 1 aromatic carbocycles. The molecule has 22 heavy (non-hydrogen) atoms. The monoisotopic (exact) mass is 324 g/mol. The van der Waals surface area contributed by atoms with Crippen molar-refractivity contribution in [3.63, 3.8) is 0 Å². The van der Waals surface area contributed by atoms with Gasteiger partial charge >= 0.3 is 0 Å². The van der Waals surface area contributed by atoms with E-state index in [1.807, 2.05) is 50.1 Å². The van der Waals surface area contributed by atoms with E-state index >= 15 is 0 Å². The third kappa shape index (κ3) is 6.80. The fraction of sp³-hybridized carbons (Fsp3) is 0.500. The Balaban J connectivity index is 2.43. The van der Waals surface area contributed by atoms with Gasteiger partial charge in [0.1, 0.15) is 0 Å². The Hall–Kier alpha value is -1.75. The molecule has 0 aliphatic rings. The number of nitrogens with zero attached hydrogens (tertiary/aromatic N) is 2. The third-order valence-electron chi connectivity index (χ3n) is 2.99. The van der Waals surface area contributed by atoms with E-state index in [2.05, 4.69) is 15.6 Å². The normalized spacial score (nSPS) is 11.5. The second-order valence-corrected chi connectivity index (χ2v) is 5.87. The maximum atomic E-state index is 11.6. The number of nitrogens with one attached hydrogen (secondary N) is 2. The summed E-state index contributed by atoms with van der Waals surface area (Å²) in [4.78, 5) is 17.8. The highest BCUT2D eigenvalue weighted by Gasteiger charge is 2.08. The lowest BCUT2D eigenvalue weighted by Gasteiger charge is -2.22. The van der Waals surface area contributed by atoms with Crippen molar-refractivity contribution in [2.45, 2.75) is 32.9 Å². The van der Waals surface area contributed by atoms with Gasteiger partial charge in [0.05, 0.1) is 0 Å². The largest absolute Gasteiger partial charge is 0.356 e. The first-order valence-corrected chi connectivity index (χ1v) is 7.75. The molecule has 1 amide bonds. The van der Waals surface area contributed by atoms with Crippen molar-refractivity contribution >= 4 is 23.5 Å². The molecule has 0 aromatic heterocycles. The summed E-state index contributed by atoms with van der Waals surface area (Å²) in [5.74, 6) is 0.797. The van der Waals surface area contributed by atoms with Crippen LogP contribution in [0.25, 0.3) is 0 Å². The van der Waals surface area contributed by atoms with Gasteiger partial charge in [-0.2, -0.15) is 0 Å². The number of benzene rings is 1. The molecule has 0 aliphatic carbocycles. The van der Waals surface area contributed by atoms with Crippen LogP contribution in [-0.4, -0.2) is 43.4 Å². The average molecular weight is 325 g/mol. The first-order valence-electron chi connectivity index (χ1n) is 7.38. The van der Waals surface area contributed by atoms with Crippen molar-refractivity contribution < 1.29 is 4.79 Å². The van der Waals surface area contributed by atoms with Crippen molar-refractivity contribution in [3.05, 3.63) is 34.9 Å². The van der Waals surface area contributed by atoms with Crippen LogP contribution in [-0.2, 0) is 11.3 Å². The minimum atomic E-state index is 0.0401. The van der Waals surface area contributed by atoms with Gasteiger partial charge in [-0.15, -0.1) is 0 Å². The first kappa shape index (κ1) is 18.3. The zero-order valence-electron chi connectivity index (χ0n) is 13.7. The number of halogens is 1. The van der Waals surface area contributed by atoms with E-state index in [9.17, 15) is 4.79 Å². The molecule has 6 heteroatoms. The van der Waals surface area contributed by atoms with Crippen molar-refractivity contribution in [2.75, 3.05) is 20.6 Å². The SMILES string of the molecule is CN=C(NCCC(=O)NC(C)C)N(C)Cc1ccc(Cl)cc1. The molecule has 122 valence electrons. The lowest BCUT2D eigenvalue weighted by atomic mass is 10.2. The summed E-state index contributed by atoms with van der Waals surface area (Å²) in [6.07, 6.45) is 0.423. The highest BCUT2D eigenvalue weighted by Crippen LogP contribution is 2.10. The van der Waals surface area contributed by atoms with E-state index in [1.165, 1.54) is 0 Å². The van der Waals surface area contributed by atoms with Crippen molar-refractivity contribution in [1.29, 1.82) is 0 Å². The molecule has 0 saturated carbocycles. The van der Waals surface area contributed by atoms with Crippen molar-refractivity contribution in [1.82, 2.24) is 15.5 Å². The number of rotatable bonds is 6. The molecule has 1 rings (SSSR count). The summed E-state index contributed by atoms with van der Waals surface area (Å²) >= 11 is 5.88. The molecule has 0 fully saturated rings. The predicted molar refractivity (Wildman–Crippen MR) is 92.2 cm³/mol. The van der Waals surface area contributed by atoms with Gasteiger partial charge in [-0.1, -0.05) is 23.7 Å². The molecule has 0 atom stereocenters. The fourth-order valence-electron chi connectivity index (χ4n) is 2.01. The summed E-state index contributed by atoms with van der Waals surface area (Å²) in [5.41, 5.74) is 1.15. The van der Waals surface area contributed by atoms with Crippen LogP contribution in [0.15, 0.2) is 29.3 Å². The number of amides is 1. The van der Waals surface area contributed by atoms with Gasteiger partial charge in [-0.05, 0) is 31.5 Å². The average Bonchev–Trinajstić information content (AvgIpc) is 2.45. The van der Waals surface area contributed by atoms with Crippen LogP contribution in [0, 0.1) is 0 Å². The van der Waals surface area contributed by atoms with Crippen LogP contribution < -0.4 is 10.6 Å². The minimum absolute atomic E-state index is 0.0401.